The van der Waals surface area contributed by atoms with Crippen LogP contribution in [0.15, 0.2) is 18.2 Å². The number of morpholine rings is 1. The highest BCUT2D eigenvalue weighted by atomic mass is 16.5. The molecular weight excluding hydrogens is 252 g/mol. The SMILES string of the molecule is CCN1CCOC(CNCc2ccc3c(c2)CCO3)C1. The molecule has 0 aromatic heterocycles. The molecule has 1 fully saturated rings. The Bertz CT molecular complexity index is 450. The van der Waals surface area contributed by atoms with Crippen LogP contribution in [0.1, 0.15) is 18.1 Å². The average molecular weight is 276 g/mol. The van der Waals surface area contributed by atoms with E-state index in [2.05, 4.69) is 35.3 Å². The summed E-state index contributed by atoms with van der Waals surface area (Å²) < 4.78 is 11.3. The molecule has 0 spiro atoms. The van der Waals surface area contributed by atoms with E-state index >= 15 is 0 Å². The van der Waals surface area contributed by atoms with Crippen molar-refractivity contribution in [2.75, 3.05) is 39.4 Å². The van der Waals surface area contributed by atoms with Gasteiger partial charge in [0.2, 0.25) is 0 Å². The van der Waals surface area contributed by atoms with Crippen molar-refractivity contribution < 1.29 is 9.47 Å². The Labute approximate surface area is 121 Å². The number of benzene rings is 1. The normalized spacial score (nSPS) is 22.6. The summed E-state index contributed by atoms with van der Waals surface area (Å²) in [6.45, 7) is 8.95. The zero-order valence-corrected chi connectivity index (χ0v) is 12.2. The Morgan fingerprint density at radius 3 is 3.20 bits per heavy atom. The van der Waals surface area contributed by atoms with Crippen molar-refractivity contribution in [3.8, 4) is 5.75 Å². The highest BCUT2D eigenvalue weighted by Gasteiger charge is 2.18. The summed E-state index contributed by atoms with van der Waals surface area (Å²) >= 11 is 0. The molecule has 4 heteroatoms. The zero-order valence-electron chi connectivity index (χ0n) is 12.2. The van der Waals surface area contributed by atoms with E-state index < -0.39 is 0 Å². The lowest BCUT2D eigenvalue weighted by atomic mass is 10.1. The molecule has 1 N–H and O–H groups in total. The number of hydrogen-bond acceptors (Lipinski definition) is 4. The van der Waals surface area contributed by atoms with Gasteiger partial charge in [0.15, 0.2) is 0 Å². The van der Waals surface area contributed by atoms with Crippen molar-refractivity contribution in [1.29, 1.82) is 0 Å². The van der Waals surface area contributed by atoms with Gasteiger partial charge in [-0.3, -0.25) is 4.90 Å². The fourth-order valence-corrected chi connectivity index (χ4v) is 2.92. The predicted octanol–water partition coefficient (Wildman–Crippen LogP) is 1.43. The smallest absolute Gasteiger partial charge is 0.122 e. The van der Waals surface area contributed by atoms with Gasteiger partial charge < -0.3 is 14.8 Å². The van der Waals surface area contributed by atoms with E-state index in [0.717, 1.165) is 58.1 Å². The largest absolute Gasteiger partial charge is 0.493 e. The van der Waals surface area contributed by atoms with Crippen molar-refractivity contribution in [3.63, 3.8) is 0 Å². The molecule has 0 saturated carbocycles. The van der Waals surface area contributed by atoms with E-state index in [4.69, 9.17) is 9.47 Å². The molecule has 20 heavy (non-hydrogen) atoms. The first-order valence-corrected chi connectivity index (χ1v) is 7.64. The van der Waals surface area contributed by atoms with E-state index in [1.54, 1.807) is 0 Å². The number of likely N-dealkylation sites (N-methyl/N-ethyl adjacent to an activating group) is 1. The zero-order chi connectivity index (χ0) is 13.8. The van der Waals surface area contributed by atoms with Gasteiger partial charge in [0, 0.05) is 32.6 Å². The van der Waals surface area contributed by atoms with Crippen molar-refractivity contribution in [2.45, 2.75) is 26.0 Å². The molecule has 110 valence electrons. The molecule has 0 amide bonds. The Balaban J connectivity index is 1.45. The molecule has 3 rings (SSSR count). The van der Waals surface area contributed by atoms with E-state index in [9.17, 15) is 0 Å². The lowest BCUT2D eigenvalue weighted by Gasteiger charge is -2.32. The number of nitrogens with one attached hydrogen (secondary N) is 1. The minimum absolute atomic E-state index is 0.321. The molecule has 1 saturated heterocycles. The van der Waals surface area contributed by atoms with Crippen molar-refractivity contribution in [1.82, 2.24) is 10.2 Å². The summed E-state index contributed by atoms with van der Waals surface area (Å²) in [5.74, 6) is 1.06. The summed E-state index contributed by atoms with van der Waals surface area (Å²) in [4.78, 5) is 2.45. The molecule has 1 aromatic rings. The molecular formula is C16H24N2O2. The molecule has 1 atom stereocenters. The standard InChI is InChI=1S/C16H24N2O2/c1-2-18-6-8-19-15(12-18)11-17-10-13-3-4-16-14(9-13)5-7-20-16/h3-4,9,15,17H,2,5-8,10-12H2,1H3. The molecule has 4 nitrogen and oxygen atoms in total. The van der Waals surface area contributed by atoms with E-state index in [1.807, 2.05) is 0 Å². The highest BCUT2D eigenvalue weighted by Crippen LogP contribution is 2.25. The van der Waals surface area contributed by atoms with Gasteiger partial charge in [-0.25, -0.2) is 0 Å². The van der Waals surface area contributed by atoms with Crippen LogP contribution in [0.3, 0.4) is 0 Å². The first kappa shape index (κ1) is 13.9. The van der Waals surface area contributed by atoms with Crippen LogP contribution in [0.4, 0.5) is 0 Å². The maximum Gasteiger partial charge on any atom is 0.122 e. The third-order valence-electron chi connectivity index (χ3n) is 4.13. The van der Waals surface area contributed by atoms with E-state index in [1.165, 1.54) is 11.1 Å². The van der Waals surface area contributed by atoms with Crippen LogP contribution in [0, 0.1) is 0 Å². The molecule has 2 heterocycles. The minimum atomic E-state index is 0.321. The predicted molar refractivity (Wildman–Crippen MR) is 79.2 cm³/mol. The first-order valence-electron chi connectivity index (χ1n) is 7.64. The molecule has 1 aromatic carbocycles. The second-order valence-electron chi connectivity index (χ2n) is 5.56. The first-order chi connectivity index (χ1) is 9.85. The van der Waals surface area contributed by atoms with Crippen LogP contribution in [-0.2, 0) is 17.7 Å². The van der Waals surface area contributed by atoms with E-state index in [-0.39, 0.29) is 0 Å². The van der Waals surface area contributed by atoms with Gasteiger partial charge in [-0.2, -0.15) is 0 Å². The van der Waals surface area contributed by atoms with Gasteiger partial charge in [0.1, 0.15) is 5.75 Å². The summed E-state index contributed by atoms with van der Waals surface area (Å²) in [6.07, 6.45) is 1.36. The monoisotopic (exact) mass is 276 g/mol. The fraction of sp³-hybridized carbons (Fsp3) is 0.625. The third kappa shape index (κ3) is 3.32. The quantitative estimate of drug-likeness (QED) is 0.882. The van der Waals surface area contributed by atoms with Crippen LogP contribution in [0.25, 0.3) is 0 Å². The topological polar surface area (TPSA) is 33.7 Å². The maximum atomic E-state index is 5.80. The summed E-state index contributed by atoms with van der Waals surface area (Å²) in [5.41, 5.74) is 2.67. The summed E-state index contributed by atoms with van der Waals surface area (Å²) in [5, 5.41) is 3.51. The number of fused-ring (bicyclic) bond motifs is 1. The maximum absolute atomic E-state index is 5.80. The Hall–Kier alpha value is -1.10. The van der Waals surface area contributed by atoms with Gasteiger partial charge in [0.25, 0.3) is 0 Å². The fourth-order valence-electron chi connectivity index (χ4n) is 2.92. The lowest BCUT2D eigenvalue weighted by Crippen LogP contribution is -2.46. The van der Waals surface area contributed by atoms with Gasteiger partial charge in [0.05, 0.1) is 19.3 Å². The van der Waals surface area contributed by atoms with Crippen molar-refractivity contribution >= 4 is 0 Å². The number of hydrogen-bond donors (Lipinski definition) is 1. The third-order valence-corrected chi connectivity index (χ3v) is 4.13. The molecule has 0 aliphatic carbocycles. The van der Waals surface area contributed by atoms with Gasteiger partial charge in [-0.1, -0.05) is 19.1 Å². The molecule has 1 unspecified atom stereocenters. The number of nitrogens with zero attached hydrogens (tertiary/aromatic N) is 1. The highest BCUT2D eigenvalue weighted by molar-refractivity contribution is 5.39. The summed E-state index contributed by atoms with van der Waals surface area (Å²) in [7, 11) is 0. The molecule has 0 bridgehead atoms. The number of ether oxygens (including phenoxy) is 2. The Morgan fingerprint density at radius 1 is 1.35 bits per heavy atom. The van der Waals surface area contributed by atoms with Crippen LogP contribution >= 0.6 is 0 Å². The lowest BCUT2D eigenvalue weighted by molar-refractivity contribution is -0.0253. The Morgan fingerprint density at radius 2 is 2.30 bits per heavy atom. The number of rotatable bonds is 5. The molecule has 2 aliphatic rings. The van der Waals surface area contributed by atoms with Gasteiger partial charge >= 0.3 is 0 Å². The Kier molecular flexibility index (Phi) is 4.55. The second kappa shape index (κ2) is 6.57. The van der Waals surface area contributed by atoms with Crippen LogP contribution in [0.2, 0.25) is 0 Å². The average Bonchev–Trinajstić information content (AvgIpc) is 2.95. The van der Waals surface area contributed by atoms with E-state index in [0.29, 0.717) is 6.10 Å². The van der Waals surface area contributed by atoms with Crippen LogP contribution in [0.5, 0.6) is 5.75 Å². The van der Waals surface area contributed by atoms with Gasteiger partial charge in [-0.15, -0.1) is 0 Å². The van der Waals surface area contributed by atoms with Crippen molar-refractivity contribution in [2.24, 2.45) is 0 Å². The van der Waals surface area contributed by atoms with Gasteiger partial charge in [-0.05, 0) is 23.7 Å². The summed E-state index contributed by atoms with van der Waals surface area (Å²) in [6, 6.07) is 6.50. The minimum Gasteiger partial charge on any atom is -0.493 e. The van der Waals surface area contributed by atoms with Crippen molar-refractivity contribution in [3.05, 3.63) is 29.3 Å². The molecule has 2 aliphatic heterocycles. The molecule has 0 radical (unpaired) electrons. The van der Waals surface area contributed by atoms with Crippen LogP contribution in [-0.4, -0.2) is 50.4 Å². The van der Waals surface area contributed by atoms with Crippen LogP contribution < -0.4 is 10.1 Å². The second-order valence-corrected chi connectivity index (χ2v) is 5.56.